The van der Waals surface area contributed by atoms with Crippen molar-refractivity contribution in [2.45, 2.75) is 39.7 Å². The molecule has 1 atom stereocenters. The fraction of sp³-hybridized carbons (Fsp3) is 0.692. The van der Waals surface area contributed by atoms with E-state index in [-0.39, 0.29) is 24.4 Å². The maximum absolute atomic E-state index is 12.2. The quantitative estimate of drug-likeness (QED) is 0.853. The molecule has 1 unspecified atom stereocenters. The third-order valence-corrected chi connectivity index (χ3v) is 3.05. The van der Waals surface area contributed by atoms with Crippen LogP contribution in [-0.4, -0.2) is 35.8 Å². The van der Waals surface area contributed by atoms with E-state index in [1.807, 2.05) is 20.8 Å². The fourth-order valence-electron chi connectivity index (χ4n) is 2.01. The Morgan fingerprint density at radius 3 is 2.56 bits per heavy atom. The summed E-state index contributed by atoms with van der Waals surface area (Å²) in [4.78, 5) is 25.9. The zero-order valence-corrected chi connectivity index (χ0v) is 12.0. The van der Waals surface area contributed by atoms with Gasteiger partial charge in [0.1, 0.15) is 6.04 Å². The number of halogens is 1. The van der Waals surface area contributed by atoms with Crippen molar-refractivity contribution in [2.24, 2.45) is 5.41 Å². The first-order valence-electron chi connectivity index (χ1n) is 6.15. The molecule has 5 heteroatoms. The summed E-state index contributed by atoms with van der Waals surface area (Å²) in [5, 5.41) is 3.08. The molecule has 0 spiro atoms. The van der Waals surface area contributed by atoms with Crippen molar-refractivity contribution in [3.8, 4) is 0 Å². The zero-order valence-electron chi connectivity index (χ0n) is 11.3. The van der Waals surface area contributed by atoms with Gasteiger partial charge in [-0.2, -0.15) is 0 Å². The Balaban J connectivity index is 2.67. The molecular weight excluding hydrogens is 252 g/mol. The molecule has 0 aromatic carbocycles. The van der Waals surface area contributed by atoms with Crippen LogP contribution in [0.5, 0.6) is 0 Å². The lowest BCUT2D eigenvalue weighted by Gasteiger charge is -2.30. The summed E-state index contributed by atoms with van der Waals surface area (Å²) in [6.07, 6.45) is 1.57. The van der Waals surface area contributed by atoms with Gasteiger partial charge in [-0.05, 0) is 12.8 Å². The maximum Gasteiger partial charge on any atom is 0.243 e. The van der Waals surface area contributed by atoms with Gasteiger partial charge in [0, 0.05) is 17.0 Å². The van der Waals surface area contributed by atoms with Crippen molar-refractivity contribution in [1.82, 2.24) is 10.2 Å². The van der Waals surface area contributed by atoms with Crippen molar-refractivity contribution in [3.05, 3.63) is 11.6 Å². The average molecular weight is 273 g/mol. The third-order valence-electron chi connectivity index (χ3n) is 2.91. The standard InChI is InChI=1S/C13H21ClN2O2/c1-9(14)8-15-11(17)10-6-5-7-16(10)12(18)13(2,3)4/h10H,1,5-8H2,2-4H3,(H,15,17). The van der Waals surface area contributed by atoms with E-state index in [4.69, 9.17) is 11.6 Å². The van der Waals surface area contributed by atoms with E-state index in [9.17, 15) is 9.59 Å². The van der Waals surface area contributed by atoms with Gasteiger partial charge >= 0.3 is 0 Å². The predicted molar refractivity (Wildman–Crippen MR) is 72.2 cm³/mol. The van der Waals surface area contributed by atoms with E-state index < -0.39 is 5.41 Å². The predicted octanol–water partition coefficient (Wildman–Crippen LogP) is 1.89. The monoisotopic (exact) mass is 272 g/mol. The fourth-order valence-corrected chi connectivity index (χ4v) is 2.08. The van der Waals surface area contributed by atoms with Crippen molar-refractivity contribution in [3.63, 3.8) is 0 Å². The zero-order chi connectivity index (χ0) is 13.9. The summed E-state index contributed by atoms with van der Waals surface area (Å²) in [5.74, 6) is -0.128. The summed E-state index contributed by atoms with van der Waals surface area (Å²) in [6, 6.07) is -0.368. The second-order valence-electron chi connectivity index (χ2n) is 5.64. The summed E-state index contributed by atoms with van der Waals surface area (Å²) < 4.78 is 0. The van der Waals surface area contributed by atoms with E-state index in [0.29, 0.717) is 18.0 Å². The number of carbonyl (C=O) groups is 2. The molecular formula is C13H21ClN2O2. The Hall–Kier alpha value is -1.03. The van der Waals surface area contributed by atoms with Crippen molar-refractivity contribution in [2.75, 3.05) is 13.1 Å². The molecule has 1 aliphatic rings. The van der Waals surface area contributed by atoms with Gasteiger partial charge in [-0.1, -0.05) is 39.0 Å². The van der Waals surface area contributed by atoms with Crippen molar-refractivity contribution >= 4 is 23.4 Å². The molecule has 0 aromatic heterocycles. The molecule has 2 amide bonds. The minimum absolute atomic E-state index is 0.0184. The van der Waals surface area contributed by atoms with E-state index in [1.165, 1.54) is 0 Å². The van der Waals surface area contributed by atoms with Gasteiger partial charge in [-0.25, -0.2) is 0 Å². The largest absolute Gasteiger partial charge is 0.349 e. The van der Waals surface area contributed by atoms with Gasteiger partial charge in [-0.3, -0.25) is 9.59 Å². The molecule has 1 fully saturated rings. The van der Waals surface area contributed by atoms with Gasteiger partial charge in [0.15, 0.2) is 0 Å². The molecule has 1 rings (SSSR count). The van der Waals surface area contributed by atoms with Crippen LogP contribution in [0.15, 0.2) is 11.6 Å². The van der Waals surface area contributed by atoms with Crippen molar-refractivity contribution in [1.29, 1.82) is 0 Å². The lowest BCUT2D eigenvalue weighted by atomic mass is 9.94. The van der Waals surface area contributed by atoms with Gasteiger partial charge in [0.05, 0.1) is 6.54 Å². The summed E-state index contributed by atoms with van der Waals surface area (Å²) >= 11 is 5.61. The first kappa shape index (κ1) is 15.0. The molecule has 4 nitrogen and oxygen atoms in total. The van der Waals surface area contributed by atoms with Gasteiger partial charge < -0.3 is 10.2 Å². The molecule has 102 valence electrons. The number of nitrogens with one attached hydrogen (secondary N) is 1. The lowest BCUT2D eigenvalue weighted by molar-refractivity contribution is -0.144. The molecule has 0 saturated carbocycles. The first-order chi connectivity index (χ1) is 8.23. The topological polar surface area (TPSA) is 49.4 Å². The molecule has 1 heterocycles. The lowest BCUT2D eigenvalue weighted by Crippen LogP contribution is -2.49. The molecule has 0 bridgehead atoms. The molecule has 0 radical (unpaired) electrons. The Bertz CT molecular complexity index is 360. The Kier molecular flexibility index (Phi) is 4.79. The smallest absolute Gasteiger partial charge is 0.243 e. The minimum atomic E-state index is -0.459. The van der Waals surface area contributed by atoms with Crippen LogP contribution in [0.3, 0.4) is 0 Å². The van der Waals surface area contributed by atoms with E-state index >= 15 is 0 Å². The Morgan fingerprint density at radius 1 is 1.44 bits per heavy atom. The molecule has 0 aromatic rings. The molecule has 1 saturated heterocycles. The SMILES string of the molecule is C=C(Cl)CNC(=O)C1CCCN1C(=O)C(C)(C)C. The molecule has 18 heavy (non-hydrogen) atoms. The van der Waals surface area contributed by atoms with Crippen LogP contribution < -0.4 is 5.32 Å². The molecule has 1 aliphatic heterocycles. The van der Waals surface area contributed by atoms with Crippen LogP contribution in [0, 0.1) is 5.41 Å². The van der Waals surface area contributed by atoms with E-state index in [0.717, 1.165) is 6.42 Å². The number of hydrogen-bond acceptors (Lipinski definition) is 2. The van der Waals surface area contributed by atoms with Crippen LogP contribution in [0.2, 0.25) is 0 Å². The summed E-state index contributed by atoms with van der Waals surface area (Å²) in [5.41, 5.74) is -0.459. The number of carbonyl (C=O) groups excluding carboxylic acids is 2. The van der Waals surface area contributed by atoms with Crippen molar-refractivity contribution < 1.29 is 9.59 Å². The maximum atomic E-state index is 12.2. The van der Waals surface area contributed by atoms with Crippen LogP contribution >= 0.6 is 11.6 Å². The van der Waals surface area contributed by atoms with Crippen LogP contribution in [-0.2, 0) is 9.59 Å². The number of amides is 2. The third kappa shape index (κ3) is 3.73. The van der Waals surface area contributed by atoms with Gasteiger partial charge in [-0.15, -0.1) is 0 Å². The summed E-state index contributed by atoms with van der Waals surface area (Å²) in [6.45, 7) is 10.0. The highest BCUT2D eigenvalue weighted by molar-refractivity contribution is 6.29. The number of nitrogens with zero attached hydrogens (tertiary/aromatic N) is 1. The van der Waals surface area contributed by atoms with E-state index in [1.54, 1.807) is 4.90 Å². The second-order valence-corrected chi connectivity index (χ2v) is 6.18. The number of rotatable bonds is 3. The average Bonchev–Trinajstić information content (AvgIpc) is 2.71. The highest BCUT2D eigenvalue weighted by Crippen LogP contribution is 2.25. The Labute approximate surface area is 113 Å². The highest BCUT2D eigenvalue weighted by atomic mass is 35.5. The number of likely N-dealkylation sites (tertiary alicyclic amines) is 1. The van der Waals surface area contributed by atoms with Crippen LogP contribution in [0.25, 0.3) is 0 Å². The van der Waals surface area contributed by atoms with Gasteiger partial charge in [0.2, 0.25) is 11.8 Å². The normalized spacial score (nSPS) is 19.8. The van der Waals surface area contributed by atoms with Crippen LogP contribution in [0.4, 0.5) is 0 Å². The second kappa shape index (κ2) is 5.74. The Morgan fingerprint density at radius 2 is 2.06 bits per heavy atom. The minimum Gasteiger partial charge on any atom is -0.349 e. The van der Waals surface area contributed by atoms with E-state index in [2.05, 4.69) is 11.9 Å². The molecule has 0 aliphatic carbocycles. The highest BCUT2D eigenvalue weighted by Gasteiger charge is 2.38. The number of hydrogen-bond donors (Lipinski definition) is 1. The van der Waals surface area contributed by atoms with Crippen LogP contribution in [0.1, 0.15) is 33.6 Å². The summed E-state index contributed by atoms with van der Waals surface area (Å²) in [7, 11) is 0. The molecule has 1 N–H and O–H groups in total. The van der Waals surface area contributed by atoms with Gasteiger partial charge in [0.25, 0.3) is 0 Å². The first-order valence-corrected chi connectivity index (χ1v) is 6.53.